The molecule has 1 aromatic heterocycles. The number of fused-ring (bicyclic) bond motifs is 6. The molecule has 0 fully saturated rings. The molecule has 7 aromatic rings. The molecule has 0 unspecified atom stereocenters. The minimum absolute atomic E-state index is 0.458. The summed E-state index contributed by atoms with van der Waals surface area (Å²) in [5.74, 6) is 0. The van der Waals surface area contributed by atoms with Crippen molar-refractivity contribution in [3.05, 3.63) is 179 Å². The van der Waals surface area contributed by atoms with Gasteiger partial charge in [0.2, 0.25) is 0 Å². The predicted molar refractivity (Wildman–Crippen MR) is 163 cm³/mol. The summed E-state index contributed by atoms with van der Waals surface area (Å²) in [4.78, 5) is 0. The summed E-state index contributed by atoms with van der Waals surface area (Å²) in [6.45, 7) is 0. The van der Waals surface area contributed by atoms with Crippen LogP contribution < -0.4 is 0 Å². The lowest BCUT2D eigenvalue weighted by atomic mass is 9.67. The lowest BCUT2D eigenvalue weighted by molar-refractivity contribution is 0.667. The van der Waals surface area contributed by atoms with Gasteiger partial charge in [-0.3, -0.25) is 5.41 Å². The van der Waals surface area contributed by atoms with Crippen LogP contribution in [0.2, 0.25) is 0 Å². The molecule has 40 heavy (non-hydrogen) atoms. The van der Waals surface area contributed by atoms with Gasteiger partial charge in [-0.1, -0.05) is 127 Å². The van der Waals surface area contributed by atoms with Crippen molar-refractivity contribution in [2.75, 3.05) is 0 Å². The van der Waals surface area contributed by atoms with Crippen molar-refractivity contribution in [2.24, 2.45) is 0 Å². The number of nitrogens with one attached hydrogen (secondary N) is 1. The Morgan fingerprint density at radius 2 is 1.15 bits per heavy atom. The predicted octanol–water partition coefficient (Wildman–Crippen LogP) is 9.37. The van der Waals surface area contributed by atoms with Gasteiger partial charge in [0.05, 0.1) is 11.1 Å². The first-order valence-corrected chi connectivity index (χ1v) is 13.6. The van der Waals surface area contributed by atoms with Crippen molar-refractivity contribution >= 4 is 27.7 Å². The Hall–Kier alpha value is -5.21. The minimum Gasteiger partial charge on any atom is -0.455 e. The zero-order valence-electron chi connectivity index (χ0n) is 21.8. The Balaban J connectivity index is 1.42. The van der Waals surface area contributed by atoms with Gasteiger partial charge in [0.15, 0.2) is 0 Å². The van der Waals surface area contributed by atoms with Gasteiger partial charge >= 0.3 is 0 Å². The highest BCUT2D eigenvalue weighted by molar-refractivity contribution is 6.20. The third kappa shape index (κ3) is 3.08. The molecule has 0 atom stereocenters. The van der Waals surface area contributed by atoms with Crippen molar-refractivity contribution in [1.82, 2.24) is 0 Å². The van der Waals surface area contributed by atoms with Crippen LogP contribution in [-0.2, 0) is 5.41 Å². The fourth-order valence-corrected chi connectivity index (χ4v) is 6.70. The van der Waals surface area contributed by atoms with Crippen LogP contribution in [0.15, 0.2) is 150 Å². The molecular formula is C38H25NO. The molecule has 0 amide bonds. The van der Waals surface area contributed by atoms with Crippen molar-refractivity contribution in [1.29, 1.82) is 5.41 Å². The maximum absolute atomic E-state index is 8.95. The minimum atomic E-state index is -0.458. The second-order valence-electron chi connectivity index (χ2n) is 10.4. The van der Waals surface area contributed by atoms with Gasteiger partial charge in [0.25, 0.3) is 0 Å². The number of hydrogen-bond donors (Lipinski definition) is 1. The van der Waals surface area contributed by atoms with Crippen molar-refractivity contribution in [3.8, 4) is 11.1 Å². The average molecular weight is 512 g/mol. The fraction of sp³-hybridized carbons (Fsp3) is 0.0263. The summed E-state index contributed by atoms with van der Waals surface area (Å²) in [7, 11) is 0. The summed E-state index contributed by atoms with van der Waals surface area (Å²) >= 11 is 0. The number of para-hydroxylation sites is 1. The topological polar surface area (TPSA) is 37.0 Å². The second kappa shape index (κ2) is 8.65. The highest BCUT2D eigenvalue weighted by Gasteiger charge is 2.45. The second-order valence-corrected chi connectivity index (χ2v) is 10.4. The van der Waals surface area contributed by atoms with Gasteiger partial charge in [0, 0.05) is 21.9 Å². The lowest BCUT2D eigenvalue weighted by Crippen LogP contribution is -2.28. The van der Waals surface area contributed by atoms with Crippen molar-refractivity contribution in [2.45, 2.75) is 5.41 Å². The number of hydrogen-bond acceptors (Lipinski definition) is 2. The SMILES string of the molecule is N=C(c1ccccc1)c1cccc2c1oc1ccc(C3(c4ccccc4)c4ccccc4-c4ccccc43)cc12. The molecule has 2 nitrogen and oxygen atoms in total. The van der Waals surface area contributed by atoms with Gasteiger partial charge in [-0.2, -0.15) is 0 Å². The third-order valence-electron chi connectivity index (χ3n) is 8.42. The van der Waals surface area contributed by atoms with E-state index < -0.39 is 5.41 Å². The van der Waals surface area contributed by atoms with E-state index in [0.29, 0.717) is 5.71 Å². The van der Waals surface area contributed by atoms with Crippen LogP contribution in [0.4, 0.5) is 0 Å². The van der Waals surface area contributed by atoms with E-state index in [2.05, 4.69) is 103 Å². The molecule has 1 aliphatic carbocycles. The Morgan fingerprint density at radius 1 is 0.525 bits per heavy atom. The number of furan rings is 1. The summed E-state index contributed by atoms with van der Waals surface area (Å²) in [5.41, 5.74) is 10.8. The zero-order chi connectivity index (χ0) is 26.7. The van der Waals surface area contributed by atoms with Crippen LogP contribution in [-0.4, -0.2) is 5.71 Å². The van der Waals surface area contributed by atoms with Gasteiger partial charge in [-0.15, -0.1) is 0 Å². The van der Waals surface area contributed by atoms with Crippen LogP contribution in [0.3, 0.4) is 0 Å². The van der Waals surface area contributed by atoms with E-state index in [1.54, 1.807) is 0 Å². The van der Waals surface area contributed by atoms with Gasteiger partial charge in [0.1, 0.15) is 11.2 Å². The number of benzene rings is 6. The maximum Gasteiger partial charge on any atom is 0.144 e. The van der Waals surface area contributed by atoms with Crippen LogP contribution in [0.1, 0.15) is 33.4 Å². The van der Waals surface area contributed by atoms with Gasteiger partial charge in [-0.05, 0) is 51.6 Å². The number of rotatable bonds is 4. The normalized spacial score (nSPS) is 13.3. The van der Waals surface area contributed by atoms with Crippen molar-refractivity contribution < 1.29 is 4.42 Å². The molecule has 0 saturated carbocycles. The van der Waals surface area contributed by atoms with Gasteiger partial charge < -0.3 is 4.42 Å². The molecule has 1 aliphatic rings. The largest absolute Gasteiger partial charge is 0.455 e. The first-order chi connectivity index (χ1) is 19.8. The molecular weight excluding hydrogens is 486 g/mol. The van der Waals surface area contributed by atoms with Crippen LogP contribution in [0.25, 0.3) is 33.1 Å². The van der Waals surface area contributed by atoms with E-state index in [9.17, 15) is 0 Å². The molecule has 2 heteroatoms. The van der Waals surface area contributed by atoms with Crippen LogP contribution >= 0.6 is 0 Å². The molecule has 0 aliphatic heterocycles. The molecule has 0 saturated heterocycles. The zero-order valence-corrected chi connectivity index (χ0v) is 21.8. The molecule has 0 radical (unpaired) electrons. The summed E-state index contributed by atoms with van der Waals surface area (Å²) < 4.78 is 6.48. The van der Waals surface area contributed by atoms with Gasteiger partial charge in [-0.25, -0.2) is 0 Å². The maximum atomic E-state index is 8.95. The quantitative estimate of drug-likeness (QED) is 0.235. The Kier molecular flexibility index (Phi) is 4.92. The Labute approximate surface area is 232 Å². The van der Waals surface area contributed by atoms with E-state index in [0.717, 1.165) is 33.1 Å². The lowest BCUT2D eigenvalue weighted by Gasteiger charge is -2.33. The Bertz CT molecular complexity index is 2020. The summed E-state index contributed by atoms with van der Waals surface area (Å²) in [6, 6.07) is 51.1. The fourth-order valence-electron chi connectivity index (χ4n) is 6.70. The highest BCUT2D eigenvalue weighted by atomic mass is 16.3. The standard InChI is InChI=1S/C38H25NO/c39-36(25-12-3-1-4-13-25)31-19-11-18-30-32-24-27(22-23-35(32)40-37(30)31)38(26-14-5-2-6-15-26)33-20-9-7-16-28(33)29-17-8-10-21-34(29)38/h1-24,39H. The first-order valence-electron chi connectivity index (χ1n) is 13.6. The van der Waals surface area contributed by atoms with Crippen molar-refractivity contribution in [3.63, 3.8) is 0 Å². The molecule has 1 N–H and O–H groups in total. The molecule has 188 valence electrons. The van der Waals surface area contributed by atoms with E-state index >= 15 is 0 Å². The smallest absolute Gasteiger partial charge is 0.144 e. The Morgan fingerprint density at radius 3 is 1.85 bits per heavy atom. The summed E-state index contributed by atoms with van der Waals surface area (Å²) in [5, 5.41) is 11.0. The molecule has 0 bridgehead atoms. The molecule has 6 aromatic carbocycles. The highest BCUT2D eigenvalue weighted by Crippen LogP contribution is 2.56. The van der Waals surface area contributed by atoms with E-state index in [1.165, 1.54) is 33.4 Å². The van der Waals surface area contributed by atoms with Crippen LogP contribution in [0, 0.1) is 5.41 Å². The van der Waals surface area contributed by atoms with Crippen LogP contribution in [0.5, 0.6) is 0 Å². The first kappa shape index (κ1) is 22.7. The average Bonchev–Trinajstić information content (AvgIpc) is 3.55. The molecule has 8 rings (SSSR count). The monoisotopic (exact) mass is 511 g/mol. The van der Waals surface area contributed by atoms with E-state index in [4.69, 9.17) is 9.83 Å². The van der Waals surface area contributed by atoms with E-state index in [1.807, 2.05) is 42.5 Å². The van der Waals surface area contributed by atoms with E-state index in [-0.39, 0.29) is 0 Å². The third-order valence-corrected chi connectivity index (χ3v) is 8.42. The summed E-state index contributed by atoms with van der Waals surface area (Å²) in [6.07, 6.45) is 0. The molecule has 1 heterocycles. The molecule has 0 spiro atoms.